The highest BCUT2D eigenvalue weighted by atomic mass is 16.5. The summed E-state index contributed by atoms with van der Waals surface area (Å²) in [6.45, 7) is 0.816. The summed E-state index contributed by atoms with van der Waals surface area (Å²) in [4.78, 5) is 26.3. The highest BCUT2D eigenvalue weighted by Gasteiger charge is 2.52. The molecule has 5 nitrogen and oxygen atoms in total. The molecule has 0 aromatic heterocycles. The standard InChI is InChI=1S/C16H21NO4/c1-17(2)10-11-5-6-12-8-16(14(18)20-3,15(19)21-4)9-13(12)7-11/h5-7H,8-10H2,1-4H3. The van der Waals surface area contributed by atoms with Crippen molar-refractivity contribution in [1.29, 1.82) is 0 Å². The highest BCUT2D eigenvalue weighted by Crippen LogP contribution is 2.39. The third-order valence-corrected chi connectivity index (χ3v) is 3.91. The van der Waals surface area contributed by atoms with Crippen LogP contribution in [-0.2, 0) is 38.4 Å². The Kier molecular flexibility index (Phi) is 4.32. The number of hydrogen-bond donors (Lipinski definition) is 0. The third kappa shape index (κ3) is 2.78. The van der Waals surface area contributed by atoms with Gasteiger partial charge in [0.15, 0.2) is 5.41 Å². The van der Waals surface area contributed by atoms with Crippen LogP contribution in [0.4, 0.5) is 0 Å². The molecule has 0 bridgehead atoms. The zero-order valence-electron chi connectivity index (χ0n) is 12.9. The summed E-state index contributed by atoms with van der Waals surface area (Å²) in [5.41, 5.74) is 1.95. The average Bonchev–Trinajstić information content (AvgIpc) is 2.84. The molecule has 1 aliphatic rings. The van der Waals surface area contributed by atoms with Crippen molar-refractivity contribution >= 4 is 11.9 Å². The number of benzene rings is 1. The van der Waals surface area contributed by atoms with Crippen molar-refractivity contribution in [2.45, 2.75) is 19.4 Å². The third-order valence-electron chi connectivity index (χ3n) is 3.91. The number of esters is 2. The summed E-state index contributed by atoms with van der Waals surface area (Å²) in [6.07, 6.45) is 0.673. The molecule has 0 unspecified atom stereocenters. The van der Waals surface area contributed by atoms with Gasteiger partial charge in [0.1, 0.15) is 0 Å². The first-order valence-electron chi connectivity index (χ1n) is 6.85. The van der Waals surface area contributed by atoms with Gasteiger partial charge in [-0.25, -0.2) is 0 Å². The quantitative estimate of drug-likeness (QED) is 0.616. The molecule has 0 aliphatic heterocycles. The van der Waals surface area contributed by atoms with Crippen molar-refractivity contribution < 1.29 is 19.1 Å². The van der Waals surface area contributed by atoms with Crippen LogP contribution < -0.4 is 0 Å². The molecule has 0 amide bonds. The van der Waals surface area contributed by atoms with Gasteiger partial charge in [0.25, 0.3) is 0 Å². The first-order chi connectivity index (χ1) is 9.92. The first-order valence-corrected chi connectivity index (χ1v) is 6.85. The predicted octanol–water partition coefficient (Wildman–Crippen LogP) is 1.18. The minimum atomic E-state index is -1.23. The molecule has 0 saturated heterocycles. The Morgan fingerprint density at radius 2 is 1.67 bits per heavy atom. The fourth-order valence-corrected chi connectivity index (χ4v) is 2.96. The minimum Gasteiger partial charge on any atom is -0.468 e. The van der Waals surface area contributed by atoms with Gasteiger partial charge in [-0.3, -0.25) is 9.59 Å². The maximum atomic E-state index is 12.1. The molecule has 0 radical (unpaired) electrons. The van der Waals surface area contributed by atoms with Crippen LogP contribution in [0.2, 0.25) is 0 Å². The van der Waals surface area contributed by atoms with Crippen molar-refractivity contribution in [3.8, 4) is 0 Å². The Hall–Kier alpha value is -1.88. The van der Waals surface area contributed by atoms with Gasteiger partial charge in [-0.05, 0) is 43.6 Å². The van der Waals surface area contributed by atoms with Gasteiger partial charge in [0, 0.05) is 6.54 Å². The maximum absolute atomic E-state index is 12.1. The van der Waals surface area contributed by atoms with Gasteiger partial charge in [-0.2, -0.15) is 0 Å². The Labute approximate surface area is 124 Å². The van der Waals surface area contributed by atoms with E-state index in [0.29, 0.717) is 12.8 Å². The number of carbonyl (C=O) groups excluding carboxylic acids is 2. The fourth-order valence-electron chi connectivity index (χ4n) is 2.96. The van der Waals surface area contributed by atoms with Gasteiger partial charge in [0.05, 0.1) is 14.2 Å². The molecule has 0 fully saturated rings. The van der Waals surface area contributed by atoms with E-state index in [1.54, 1.807) is 0 Å². The van der Waals surface area contributed by atoms with Crippen LogP contribution in [-0.4, -0.2) is 45.2 Å². The second kappa shape index (κ2) is 5.85. The predicted molar refractivity (Wildman–Crippen MR) is 77.7 cm³/mol. The van der Waals surface area contributed by atoms with E-state index >= 15 is 0 Å². The van der Waals surface area contributed by atoms with Crippen LogP contribution in [0, 0.1) is 5.41 Å². The molecule has 21 heavy (non-hydrogen) atoms. The second-order valence-electron chi connectivity index (χ2n) is 5.76. The fraction of sp³-hybridized carbons (Fsp3) is 0.500. The van der Waals surface area contributed by atoms with Gasteiger partial charge >= 0.3 is 11.9 Å². The number of rotatable bonds is 4. The van der Waals surface area contributed by atoms with E-state index in [1.165, 1.54) is 14.2 Å². The molecule has 5 heteroatoms. The molecule has 0 saturated carbocycles. The summed E-state index contributed by atoms with van der Waals surface area (Å²) in [5, 5.41) is 0. The normalized spacial score (nSPS) is 15.7. The van der Waals surface area contributed by atoms with Crippen molar-refractivity contribution in [2.75, 3.05) is 28.3 Å². The van der Waals surface area contributed by atoms with Crippen molar-refractivity contribution in [3.05, 3.63) is 34.9 Å². The van der Waals surface area contributed by atoms with E-state index in [0.717, 1.165) is 23.2 Å². The lowest BCUT2D eigenvalue weighted by Gasteiger charge is -2.22. The Morgan fingerprint density at radius 3 is 2.19 bits per heavy atom. The average molecular weight is 291 g/mol. The van der Waals surface area contributed by atoms with Crippen molar-refractivity contribution in [2.24, 2.45) is 5.41 Å². The summed E-state index contributed by atoms with van der Waals surface area (Å²) in [5.74, 6) is -1.06. The molecule has 1 aromatic rings. The first kappa shape index (κ1) is 15.5. The SMILES string of the molecule is COC(=O)C1(C(=O)OC)Cc2ccc(CN(C)C)cc2C1. The molecular formula is C16H21NO4. The molecule has 0 spiro atoms. The van der Waals surface area contributed by atoms with E-state index in [-0.39, 0.29) is 0 Å². The van der Waals surface area contributed by atoms with Gasteiger partial charge in [-0.1, -0.05) is 18.2 Å². The van der Waals surface area contributed by atoms with Crippen LogP contribution in [0.5, 0.6) is 0 Å². The van der Waals surface area contributed by atoms with E-state index in [4.69, 9.17) is 9.47 Å². The largest absolute Gasteiger partial charge is 0.468 e. The lowest BCUT2D eigenvalue weighted by Crippen LogP contribution is -2.42. The van der Waals surface area contributed by atoms with Crippen molar-refractivity contribution in [3.63, 3.8) is 0 Å². The van der Waals surface area contributed by atoms with Crippen LogP contribution >= 0.6 is 0 Å². The summed E-state index contributed by atoms with van der Waals surface area (Å²) in [7, 11) is 6.60. The molecule has 114 valence electrons. The Morgan fingerprint density at radius 1 is 1.10 bits per heavy atom. The number of methoxy groups -OCH3 is 2. The van der Waals surface area contributed by atoms with Crippen LogP contribution in [0.3, 0.4) is 0 Å². The summed E-state index contributed by atoms with van der Waals surface area (Å²) >= 11 is 0. The number of nitrogens with zero attached hydrogens (tertiary/aromatic N) is 1. The Bertz CT molecular complexity index is 549. The van der Waals surface area contributed by atoms with E-state index in [9.17, 15) is 9.59 Å². The summed E-state index contributed by atoms with van der Waals surface area (Å²) < 4.78 is 9.68. The minimum absolute atomic E-state index is 0.336. The smallest absolute Gasteiger partial charge is 0.323 e. The number of hydrogen-bond acceptors (Lipinski definition) is 5. The lowest BCUT2D eigenvalue weighted by atomic mass is 9.85. The lowest BCUT2D eigenvalue weighted by molar-refractivity contribution is -0.168. The molecule has 1 aliphatic carbocycles. The van der Waals surface area contributed by atoms with E-state index in [1.807, 2.05) is 26.2 Å². The zero-order valence-corrected chi connectivity index (χ0v) is 12.9. The zero-order chi connectivity index (χ0) is 15.6. The second-order valence-corrected chi connectivity index (χ2v) is 5.76. The van der Waals surface area contributed by atoms with Crippen molar-refractivity contribution in [1.82, 2.24) is 4.90 Å². The number of fused-ring (bicyclic) bond motifs is 1. The Balaban J connectivity index is 2.35. The van der Waals surface area contributed by atoms with Gasteiger partial charge in [-0.15, -0.1) is 0 Å². The summed E-state index contributed by atoms with van der Waals surface area (Å²) in [6, 6.07) is 6.08. The molecule has 2 rings (SSSR count). The molecular weight excluding hydrogens is 270 g/mol. The number of carbonyl (C=O) groups is 2. The molecule has 0 atom stereocenters. The van der Waals surface area contributed by atoms with E-state index in [2.05, 4.69) is 11.0 Å². The van der Waals surface area contributed by atoms with Crippen LogP contribution in [0.15, 0.2) is 18.2 Å². The van der Waals surface area contributed by atoms with E-state index < -0.39 is 17.4 Å². The van der Waals surface area contributed by atoms with Crippen LogP contribution in [0.25, 0.3) is 0 Å². The topological polar surface area (TPSA) is 55.8 Å². The maximum Gasteiger partial charge on any atom is 0.323 e. The molecule has 0 heterocycles. The molecule has 1 aromatic carbocycles. The van der Waals surface area contributed by atoms with Gasteiger partial charge in [0.2, 0.25) is 0 Å². The number of ether oxygens (including phenoxy) is 2. The highest BCUT2D eigenvalue weighted by molar-refractivity contribution is 6.01. The monoisotopic (exact) mass is 291 g/mol. The van der Waals surface area contributed by atoms with Gasteiger partial charge < -0.3 is 14.4 Å². The van der Waals surface area contributed by atoms with Crippen LogP contribution in [0.1, 0.15) is 16.7 Å². The molecule has 0 N–H and O–H groups in total.